The van der Waals surface area contributed by atoms with Crippen LogP contribution in [0.15, 0.2) is 18.2 Å². The van der Waals surface area contributed by atoms with Crippen molar-refractivity contribution in [2.24, 2.45) is 11.3 Å². The van der Waals surface area contributed by atoms with Crippen LogP contribution in [0, 0.1) is 20.7 Å². The van der Waals surface area contributed by atoms with Crippen molar-refractivity contribution in [1.82, 2.24) is 0 Å². The van der Waals surface area contributed by atoms with Gasteiger partial charge in [-0.1, -0.05) is 26.8 Å². The van der Waals surface area contributed by atoms with Gasteiger partial charge in [0.15, 0.2) is 0 Å². The molecule has 104 valence electrons. The Morgan fingerprint density at radius 3 is 2.42 bits per heavy atom. The number of anilines is 1. The van der Waals surface area contributed by atoms with E-state index in [0.29, 0.717) is 0 Å². The first-order valence-corrected chi connectivity index (χ1v) is 6.70. The number of hydrogen-bond acceptors (Lipinski definition) is 2. The van der Waals surface area contributed by atoms with Gasteiger partial charge in [-0.3, -0.25) is 9.59 Å². The van der Waals surface area contributed by atoms with E-state index in [4.69, 9.17) is 5.11 Å². The summed E-state index contributed by atoms with van der Waals surface area (Å²) in [7, 11) is 0. The van der Waals surface area contributed by atoms with E-state index in [1.165, 1.54) is 18.2 Å². The summed E-state index contributed by atoms with van der Waals surface area (Å²) in [5.41, 5.74) is -0.449. The van der Waals surface area contributed by atoms with E-state index in [1.54, 1.807) is 43.4 Å². The van der Waals surface area contributed by atoms with Crippen molar-refractivity contribution in [1.29, 1.82) is 0 Å². The van der Waals surface area contributed by atoms with Gasteiger partial charge in [-0.05, 0) is 40.1 Å². The van der Waals surface area contributed by atoms with Gasteiger partial charge in [0.2, 0.25) is 5.91 Å². The van der Waals surface area contributed by atoms with E-state index in [0.717, 1.165) is 0 Å². The number of benzene rings is 1. The summed E-state index contributed by atoms with van der Waals surface area (Å²) in [4.78, 5) is 23.2. The van der Waals surface area contributed by atoms with Crippen LogP contribution in [0.1, 0.15) is 20.8 Å². The zero-order valence-corrected chi connectivity index (χ0v) is 13.0. The van der Waals surface area contributed by atoms with Gasteiger partial charge >= 0.3 is 5.97 Å². The van der Waals surface area contributed by atoms with Gasteiger partial charge in [0, 0.05) is 0 Å². The van der Waals surface area contributed by atoms with Gasteiger partial charge < -0.3 is 10.4 Å². The number of nitrogens with one attached hydrogen (secondary N) is 1. The third kappa shape index (κ3) is 3.89. The Bertz CT molecular complexity index is 511. The Balaban J connectivity index is 3.01. The second-order valence-corrected chi connectivity index (χ2v) is 6.31. The molecule has 0 aliphatic heterocycles. The zero-order chi connectivity index (χ0) is 14.8. The number of carbonyl (C=O) groups excluding carboxylic acids is 1. The maximum atomic E-state index is 13.3. The largest absolute Gasteiger partial charge is 0.481 e. The second-order valence-electron chi connectivity index (χ2n) is 5.23. The van der Waals surface area contributed by atoms with Crippen LogP contribution in [0.4, 0.5) is 10.1 Å². The van der Waals surface area contributed by atoms with Crippen LogP contribution in [-0.4, -0.2) is 17.0 Å². The summed E-state index contributed by atoms with van der Waals surface area (Å²) < 4.78 is 13.6. The number of amides is 1. The van der Waals surface area contributed by atoms with Gasteiger partial charge in [0.25, 0.3) is 0 Å². The third-order valence-corrected chi connectivity index (χ3v) is 3.68. The van der Waals surface area contributed by atoms with Crippen LogP contribution in [-0.2, 0) is 9.59 Å². The Hall–Kier alpha value is -1.18. The molecule has 1 unspecified atom stereocenters. The first-order valence-electron chi connectivity index (χ1n) is 5.62. The maximum absolute atomic E-state index is 13.3. The van der Waals surface area contributed by atoms with E-state index in [1.807, 2.05) is 0 Å². The summed E-state index contributed by atoms with van der Waals surface area (Å²) in [6.07, 6.45) is 0. The van der Waals surface area contributed by atoms with Crippen LogP contribution in [0.3, 0.4) is 0 Å². The fraction of sp³-hybridized carbons (Fsp3) is 0.385. The van der Waals surface area contributed by atoms with Gasteiger partial charge in [0.05, 0.1) is 9.26 Å². The van der Waals surface area contributed by atoms with Crippen molar-refractivity contribution in [2.45, 2.75) is 20.8 Å². The highest BCUT2D eigenvalue weighted by atomic mass is 127. The van der Waals surface area contributed by atoms with Crippen LogP contribution >= 0.6 is 22.6 Å². The molecule has 0 saturated heterocycles. The predicted octanol–water partition coefficient (Wildman–Crippen LogP) is 3.12. The average Bonchev–Trinajstić information content (AvgIpc) is 2.22. The second kappa shape index (κ2) is 5.85. The van der Waals surface area contributed by atoms with E-state index in [-0.39, 0.29) is 9.26 Å². The third-order valence-electron chi connectivity index (χ3n) is 2.58. The van der Waals surface area contributed by atoms with Gasteiger partial charge in [-0.2, -0.15) is 0 Å². The number of carboxylic acids is 1. The van der Waals surface area contributed by atoms with Crippen molar-refractivity contribution >= 4 is 40.2 Å². The Labute approximate surface area is 124 Å². The highest BCUT2D eigenvalue weighted by molar-refractivity contribution is 14.1. The average molecular weight is 379 g/mol. The lowest BCUT2D eigenvalue weighted by molar-refractivity contribution is -0.149. The number of rotatable bonds is 3. The fourth-order valence-electron chi connectivity index (χ4n) is 1.68. The zero-order valence-electron chi connectivity index (χ0n) is 10.8. The predicted molar refractivity (Wildman–Crippen MR) is 78.3 cm³/mol. The summed E-state index contributed by atoms with van der Waals surface area (Å²) in [6.45, 7) is 5.01. The molecule has 0 aliphatic rings. The molecule has 0 aromatic heterocycles. The van der Waals surface area contributed by atoms with E-state index in [9.17, 15) is 14.0 Å². The number of hydrogen-bond donors (Lipinski definition) is 2. The number of carboxylic acid groups (broad SMARTS) is 1. The number of carbonyl (C=O) groups is 2. The lowest BCUT2D eigenvalue weighted by atomic mass is 9.80. The molecule has 19 heavy (non-hydrogen) atoms. The summed E-state index contributed by atoms with van der Waals surface area (Å²) in [5.74, 6) is -3.51. The minimum atomic E-state index is -1.20. The first-order chi connectivity index (χ1) is 8.64. The fourth-order valence-corrected chi connectivity index (χ4v) is 2.18. The van der Waals surface area contributed by atoms with Crippen molar-refractivity contribution in [3.05, 3.63) is 27.6 Å². The molecule has 4 nitrogen and oxygen atoms in total. The molecule has 0 saturated carbocycles. The van der Waals surface area contributed by atoms with Gasteiger partial charge in [-0.25, -0.2) is 4.39 Å². The quantitative estimate of drug-likeness (QED) is 0.627. The lowest BCUT2D eigenvalue weighted by Gasteiger charge is -2.26. The highest BCUT2D eigenvalue weighted by Crippen LogP contribution is 2.28. The summed E-state index contributed by atoms with van der Waals surface area (Å²) >= 11 is 1.76. The molecule has 0 aliphatic carbocycles. The van der Waals surface area contributed by atoms with Gasteiger partial charge in [0.1, 0.15) is 11.7 Å². The molecule has 1 aromatic rings. The first kappa shape index (κ1) is 15.9. The Morgan fingerprint density at radius 2 is 1.95 bits per heavy atom. The molecule has 0 spiro atoms. The number of halogens is 2. The SMILES string of the molecule is CC(C)(C)C(C(=O)O)C(=O)Nc1cccc(F)c1I. The van der Waals surface area contributed by atoms with Crippen molar-refractivity contribution < 1.29 is 19.1 Å². The standard InChI is InChI=1S/C13H15FINO3/c1-13(2,3)9(12(18)19)11(17)16-8-6-4-5-7(14)10(8)15/h4-6,9H,1-3H3,(H,16,17)(H,18,19). The van der Waals surface area contributed by atoms with Crippen molar-refractivity contribution in [2.75, 3.05) is 5.32 Å². The molecular formula is C13H15FINO3. The number of aliphatic carboxylic acids is 1. The summed E-state index contributed by atoms with van der Waals surface area (Å²) in [5, 5.41) is 11.6. The topological polar surface area (TPSA) is 66.4 Å². The van der Waals surface area contributed by atoms with E-state index < -0.39 is 29.0 Å². The smallest absolute Gasteiger partial charge is 0.316 e. The molecular weight excluding hydrogens is 364 g/mol. The van der Waals surface area contributed by atoms with E-state index >= 15 is 0 Å². The highest BCUT2D eigenvalue weighted by Gasteiger charge is 2.37. The minimum Gasteiger partial charge on any atom is -0.481 e. The molecule has 6 heteroatoms. The Morgan fingerprint density at radius 1 is 1.37 bits per heavy atom. The molecule has 1 rings (SSSR count). The molecule has 0 radical (unpaired) electrons. The van der Waals surface area contributed by atoms with Crippen LogP contribution < -0.4 is 5.32 Å². The van der Waals surface area contributed by atoms with Crippen LogP contribution in [0.5, 0.6) is 0 Å². The minimum absolute atomic E-state index is 0.256. The molecule has 1 amide bonds. The van der Waals surface area contributed by atoms with Gasteiger partial charge in [-0.15, -0.1) is 0 Å². The molecule has 1 aromatic carbocycles. The lowest BCUT2D eigenvalue weighted by Crippen LogP contribution is -2.39. The maximum Gasteiger partial charge on any atom is 0.316 e. The van der Waals surface area contributed by atoms with Crippen molar-refractivity contribution in [3.8, 4) is 0 Å². The molecule has 1 atom stereocenters. The monoisotopic (exact) mass is 379 g/mol. The molecule has 0 heterocycles. The Kier molecular flexibility index (Phi) is 4.89. The van der Waals surface area contributed by atoms with Crippen LogP contribution in [0.25, 0.3) is 0 Å². The normalized spacial score (nSPS) is 12.9. The molecule has 2 N–H and O–H groups in total. The molecule has 0 fully saturated rings. The van der Waals surface area contributed by atoms with E-state index in [2.05, 4.69) is 5.32 Å². The van der Waals surface area contributed by atoms with Crippen molar-refractivity contribution in [3.63, 3.8) is 0 Å². The summed E-state index contributed by atoms with van der Waals surface area (Å²) in [6, 6.07) is 4.26. The van der Waals surface area contributed by atoms with Crippen LogP contribution in [0.2, 0.25) is 0 Å². The molecule has 0 bridgehead atoms.